The third-order valence-electron chi connectivity index (χ3n) is 4.43. The van der Waals surface area contributed by atoms with E-state index < -0.39 is 5.41 Å². The number of ether oxygens (including phenoxy) is 1. The number of nitrogens with two attached hydrogens (primary N) is 1. The van der Waals surface area contributed by atoms with E-state index in [1.54, 1.807) is 0 Å². The fourth-order valence-electron chi connectivity index (χ4n) is 3.33. The third kappa shape index (κ3) is 2.03. The first kappa shape index (κ1) is 13.7. The Hall–Kier alpha value is -0.680. The minimum absolute atomic E-state index is 0.0791. The third-order valence-corrected chi connectivity index (χ3v) is 4.82. The standard InChI is InChI=1S/C13H22N2O2S/c1-8-6-13(7-8,11(14)18)12(16)15(3)10-4-5-17-9(10)2/h8-10H,4-7H2,1-3H3,(H2,14,18). The highest BCUT2D eigenvalue weighted by molar-refractivity contribution is 7.80. The molecule has 0 aromatic carbocycles. The van der Waals surface area contributed by atoms with Crippen molar-refractivity contribution in [2.24, 2.45) is 17.1 Å². The Kier molecular flexibility index (Phi) is 3.65. The van der Waals surface area contributed by atoms with Crippen molar-refractivity contribution >= 4 is 23.1 Å². The first-order chi connectivity index (χ1) is 8.38. The Morgan fingerprint density at radius 1 is 1.44 bits per heavy atom. The van der Waals surface area contributed by atoms with Gasteiger partial charge in [0.2, 0.25) is 5.91 Å². The monoisotopic (exact) mass is 270 g/mol. The van der Waals surface area contributed by atoms with Gasteiger partial charge in [-0.25, -0.2) is 0 Å². The molecule has 1 saturated heterocycles. The van der Waals surface area contributed by atoms with Crippen LogP contribution in [0.1, 0.15) is 33.1 Å². The van der Waals surface area contributed by atoms with Gasteiger partial charge in [-0.1, -0.05) is 19.1 Å². The number of amides is 1. The number of carbonyl (C=O) groups excluding carboxylic acids is 1. The van der Waals surface area contributed by atoms with E-state index in [0.29, 0.717) is 10.9 Å². The normalized spacial score (nSPS) is 39.2. The highest BCUT2D eigenvalue weighted by Crippen LogP contribution is 2.47. The molecule has 0 aromatic rings. The predicted molar refractivity (Wildman–Crippen MR) is 74.2 cm³/mol. The lowest BCUT2D eigenvalue weighted by Gasteiger charge is -2.47. The first-order valence-electron chi connectivity index (χ1n) is 6.57. The largest absolute Gasteiger partial charge is 0.392 e. The number of carbonyl (C=O) groups is 1. The number of rotatable bonds is 3. The molecule has 0 spiro atoms. The zero-order valence-electron chi connectivity index (χ0n) is 11.3. The molecule has 1 saturated carbocycles. The average Bonchev–Trinajstić information content (AvgIpc) is 2.68. The van der Waals surface area contributed by atoms with E-state index in [9.17, 15) is 4.79 Å². The van der Waals surface area contributed by atoms with E-state index in [2.05, 4.69) is 6.92 Å². The van der Waals surface area contributed by atoms with Gasteiger partial charge in [0.15, 0.2) is 0 Å². The SMILES string of the molecule is CC1CC(C(=O)N(C)C2CCOC2C)(C(N)=S)C1. The van der Waals surface area contributed by atoms with Crippen molar-refractivity contribution in [2.75, 3.05) is 13.7 Å². The average molecular weight is 270 g/mol. The van der Waals surface area contributed by atoms with E-state index >= 15 is 0 Å². The molecule has 0 aromatic heterocycles. The Balaban J connectivity index is 2.12. The highest BCUT2D eigenvalue weighted by atomic mass is 32.1. The molecule has 1 aliphatic heterocycles. The smallest absolute Gasteiger partial charge is 0.235 e. The second-order valence-corrected chi connectivity index (χ2v) is 6.25. The van der Waals surface area contributed by atoms with Crippen LogP contribution in [0.5, 0.6) is 0 Å². The molecule has 2 aliphatic rings. The van der Waals surface area contributed by atoms with Gasteiger partial charge in [-0.2, -0.15) is 0 Å². The fourth-order valence-corrected chi connectivity index (χ4v) is 3.58. The van der Waals surface area contributed by atoms with Gasteiger partial charge in [0.1, 0.15) is 0 Å². The number of likely N-dealkylation sites (N-methyl/N-ethyl adjacent to an activating group) is 1. The van der Waals surface area contributed by atoms with Gasteiger partial charge in [0.25, 0.3) is 0 Å². The summed E-state index contributed by atoms with van der Waals surface area (Å²) in [4.78, 5) is 14.8. The van der Waals surface area contributed by atoms with Crippen LogP contribution < -0.4 is 5.73 Å². The van der Waals surface area contributed by atoms with Gasteiger partial charge < -0.3 is 15.4 Å². The first-order valence-corrected chi connectivity index (χ1v) is 6.98. The second-order valence-electron chi connectivity index (χ2n) is 5.81. The highest BCUT2D eigenvalue weighted by Gasteiger charge is 2.53. The molecule has 2 N–H and O–H groups in total. The molecule has 18 heavy (non-hydrogen) atoms. The van der Waals surface area contributed by atoms with E-state index in [4.69, 9.17) is 22.7 Å². The summed E-state index contributed by atoms with van der Waals surface area (Å²) in [6.45, 7) is 4.86. The molecule has 2 unspecified atom stereocenters. The van der Waals surface area contributed by atoms with Crippen LogP contribution in [0.2, 0.25) is 0 Å². The molecular weight excluding hydrogens is 248 g/mol. The van der Waals surface area contributed by atoms with Crippen molar-refractivity contribution in [2.45, 2.75) is 45.3 Å². The zero-order valence-corrected chi connectivity index (χ0v) is 12.1. The summed E-state index contributed by atoms with van der Waals surface area (Å²) in [7, 11) is 1.85. The molecule has 2 rings (SSSR count). The quantitative estimate of drug-likeness (QED) is 0.786. The summed E-state index contributed by atoms with van der Waals surface area (Å²) < 4.78 is 5.52. The number of thiocarbonyl (C=S) groups is 1. The Morgan fingerprint density at radius 3 is 2.44 bits per heavy atom. The topological polar surface area (TPSA) is 55.6 Å². The number of hydrogen-bond donors (Lipinski definition) is 1. The van der Waals surface area contributed by atoms with E-state index in [1.807, 2.05) is 18.9 Å². The minimum Gasteiger partial charge on any atom is -0.392 e. The maximum absolute atomic E-state index is 12.7. The van der Waals surface area contributed by atoms with Crippen LogP contribution in [0.4, 0.5) is 0 Å². The predicted octanol–water partition coefficient (Wildman–Crippen LogP) is 1.32. The van der Waals surface area contributed by atoms with E-state index in [1.165, 1.54) is 0 Å². The van der Waals surface area contributed by atoms with Gasteiger partial charge in [-0.15, -0.1) is 0 Å². The Bertz CT molecular complexity index is 366. The summed E-state index contributed by atoms with van der Waals surface area (Å²) in [5.41, 5.74) is 5.23. The Morgan fingerprint density at radius 2 is 2.06 bits per heavy atom. The molecule has 2 atom stereocenters. The van der Waals surface area contributed by atoms with Crippen LogP contribution in [-0.2, 0) is 9.53 Å². The molecule has 2 fully saturated rings. The lowest BCUT2D eigenvalue weighted by molar-refractivity contribution is -0.145. The van der Waals surface area contributed by atoms with Gasteiger partial charge in [0, 0.05) is 13.7 Å². The van der Waals surface area contributed by atoms with Crippen LogP contribution in [-0.4, -0.2) is 41.6 Å². The maximum Gasteiger partial charge on any atom is 0.235 e. The van der Waals surface area contributed by atoms with Crippen molar-refractivity contribution in [1.82, 2.24) is 4.90 Å². The molecule has 1 heterocycles. The molecule has 5 heteroatoms. The lowest BCUT2D eigenvalue weighted by Crippen LogP contribution is -2.58. The van der Waals surface area contributed by atoms with Crippen molar-refractivity contribution < 1.29 is 9.53 Å². The summed E-state index contributed by atoms with van der Waals surface area (Å²) in [5.74, 6) is 0.608. The summed E-state index contributed by atoms with van der Waals surface area (Å²) in [6, 6.07) is 0.152. The molecule has 1 amide bonds. The van der Waals surface area contributed by atoms with Crippen molar-refractivity contribution in [3.63, 3.8) is 0 Å². The minimum atomic E-state index is -0.591. The van der Waals surface area contributed by atoms with Crippen LogP contribution >= 0.6 is 12.2 Å². The summed E-state index contributed by atoms with van der Waals surface area (Å²) >= 11 is 5.13. The second kappa shape index (κ2) is 4.78. The molecule has 0 bridgehead atoms. The van der Waals surface area contributed by atoms with E-state index in [-0.39, 0.29) is 18.1 Å². The van der Waals surface area contributed by atoms with Crippen LogP contribution in [0.3, 0.4) is 0 Å². The van der Waals surface area contributed by atoms with Crippen LogP contribution in [0.15, 0.2) is 0 Å². The van der Waals surface area contributed by atoms with E-state index in [0.717, 1.165) is 25.9 Å². The molecule has 1 aliphatic carbocycles. The number of hydrogen-bond acceptors (Lipinski definition) is 3. The lowest BCUT2D eigenvalue weighted by atomic mass is 9.61. The molecule has 102 valence electrons. The fraction of sp³-hybridized carbons (Fsp3) is 0.846. The molecular formula is C13H22N2O2S. The molecule has 4 nitrogen and oxygen atoms in total. The summed E-state index contributed by atoms with van der Waals surface area (Å²) in [6.07, 6.45) is 2.56. The van der Waals surface area contributed by atoms with Crippen LogP contribution in [0, 0.1) is 11.3 Å². The van der Waals surface area contributed by atoms with Crippen molar-refractivity contribution in [3.8, 4) is 0 Å². The van der Waals surface area contributed by atoms with Gasteiger partial charge in [-0.05, 0) is 32.1 Å². The summed E-state index contributed by atoms with van der Waals surface area (Å²) in [5, 5.41) is 0. The van der Waals surface area contributed by atoms with Gasteiger partial charge >= 0.3 is 0 Å². The molecule has 0 radical (unpaired) electrons. The number of nitrogens with zero attached hydrogens (tertiary/aromatic N) is 1. The van der Waals surface area contributed by atoms with Gasteiger partial charge in [-0.3, -0.25) is 4.79 Å². The maximum atomic E-state index is 12.7. The van der Waals surface area contributed by atoms with Crippen LogP contribution in [0.25, 0.3) is 0 Å². The van der Waals surface area contributed by atoms with Gasteiger partial charge in [0.05, 0.1) is 22.5 Å². The van der Waals surface area contributed by atoms with Crippen molar-refractivity contribution in [1.29, 1.82) is 0 Å². The van der Waals surface area contributed by atoms with Crippen molar-refractivity contribution in [3.05, 3.63) is 0 Å². The Labute approximate surface area is 114 Å². The zero-order chi connectivity index (χ0) is 13.5.